The smallest absolute Gasteiger partial charge is 0.412 e. The van der Waals surface area contributed by atoms with Crippen molar-refractivity contribution in [3.63, 3.8) is 0 Å². The highest BCUT2D eigenvalue weighted by atomic mass is 16.5. The number of hydrogen-bond acceptors (Lipinski definition) is 6. The lowest BCUT2D eigenvalue weighted by Crippen LogP contribution is -2.63. The molecule has 0 spiro atoms. The third kappa shape index (κ3) is 3.55. The Morgan fingerprint density at radius 2 is 2.22 bits per heavy atom. The van der Waals surface area contributed by atoms with Crippen molar-refractivity contribution in [1.82, 2.24) is 10.3 Å². The summed E-state index contributed by atoms with van der Waals surface area (Å²) >= 11 is 0. The van der Waals surface area contributed by atoms with E-state index in [4.69, 9.17) is 9.47 Å². The van der Waals surface area contributed by atoms with E-state index in [1.54, 1.807) is 12.3 Å². The average Bonchev–Trinajstić information content (AvgIpc) is 2.64. The molecule has 1 fully saturated rings. The Labute approximate surface area is 158 Å². The molecule has 1 aromatic carbocycles. The number of nitrogens with one attached hydrogen (secondary N) is 2. The van der Waals surface area contributed by atoms with E-state index in [1.807, 2.05) is 18.2 Å². The zero-order chi connectivity index (χ0) is 19.0. The number of amides is 1. The van der Waals surface area contributed by atoms with Gasteiger partial charge in [0.15, 0.2) is 0 Å². The van der Waals surface area contributed by atoms with Crippen LogP contribution < -0.4 is 20.1 Å². The van der Waals surface area contributed by atoms with Crippen LogP contribution in [0.1, 0.15) is 25.8 Å². The number of ether oxygens (including phenoxy) is 3. The summed E-state index contributed by atoms with van der Waals surface area (Å²) in [4.78, 5) is 15.6. The van der Waals surface area contributed by atoms with Crippen LogP contribution in [0.2, 0.25) is 0 Å². The lowest BCUT2D eigenvalue weighted by atomic mass is 9.85. The molecule has 1 amide bonds. The van der Waals surface area contributed by atoms with Crippen LogP contribution in [0, 0.1) is 0 Å². The normalized spacial score (nSPS) is 22.6. The second kappa shape index (κ2) is 6.74. The molecule has 0 saturated carbocycles. The van der Waals surface area contributed by atoms with Gasteiger partial charge in [-0.1, -0.05) is 6.07 Å². The summed E-state index contributed by atoms with van der Waals surface area (Å²) in [6.45, 7) is 5.43. The molecule has 1 saturated heterocycles. The largest absolute Gasteiger partial charge is 0.492 e. The van der Waals surface area contributed by atoms with Gasteiger partial charge in [-0.25, -0.2) is 9.78 Å². The number of carbonyl (C=O) groups is 1. The summed E-state index contributed by atoms with van der Waals surface area (Å²) in [7, 11) is 1.31. The fourth-order valence-electron chi connectivity index (χ4n) is 3.78. The van der Waals surface area contributed by atoms with E-state index in [2.05, 4.69) is 34.2 Å². The van der Waals surface area contributed by atoms with Crippen molar-refractivity contribution in [2.24, 2.45) is 0 Å². The van der Waals surface area contributed by atoms with Gasteiger partial charge in [-0.05, 0) is 44.0 Å². The van der Waals surface area contributed by atoms with Crippen molar-refractivity contribution >= 4 is 11.9 Å². The molecule has 1 aromatic heterocycles. The van der Waals surface area contributed by atoms with E-state index >= 15 is 0 Å². The number of anilines is 1. The Hall–Kier alpha value is -2.80. The highest BCUT2D eigenvalue weighted by molar-refractivity contribution is 5.86. The van der Waals surface area contributed by atoms with Crippen LogP contribution in [-0.4, -0.2) is 36.4 Å². The van der Waals surface area contributed by atoms with Gasteiger partial charge in [-0.2, -0.15) is 0 Å². The van der Waals surface area contributed by atoms with Crippen molar-refractivity contribution in [1.29, 1.82) is 0 Å². The maximum Gasteiger partial charge on any atom is 0.412 e. The van der Waals surface area contributed by atoms with Crippen LogP contribution in [0.3, 0.4) is 0 Å². The van der Waals surface area contributed by atoms with E-state index in [-0.39, 0.29) is 5.54 Å². The molecule has 2 N–H and O–H groups in total. The van der Waals surface area contributed by atoms with Gasteiger partial charge in [0.05, 0.1) is 18.8 Å². The lowest BCUT2D eigenvalue weighted by molar-refractivity contribution is 0.0951. The standard InChI is InChI=1S/C20H23N3O4/c1-12-8-20(2,23-12)11-27-14-4-5-15-13(6-14)10-26-17-9-21-18(7-16(15)17)22-19(24)25-3/h4-7,9,12,23H,8,10-11H2,1-3H3,(H,21,22,24). The summed E-state index contributed by atoms with van der Waals surface area (Å²) in [5.74, 6) is 1.92. The molecule has 7 nitrogen and oxygen atoms in total. The quantitative estimate of drug-likeness (QED) is 0.860. The van der Waals surface area contributed by atoms with E-state index in [0.29, 0.717) is 30.8 Å². The summed E-state index contributed by atoms with van der Waals surface area (Å²) < 4.78 is 16.4. The number of nitrogens with zero attached hydrogens (tertiary/aromatic N) is 1. The predicted octanol–water partition coefficient (Wildman–Crippen LogP) is 3.34. The number of pyridine rings is 1. The Bertz CT molecular complexity index is 878. The number of hydrogen-bond donors (Lipinski definition) is 2. The maximum absolute atomic E-state index is 11.4. The van der Waals surface area contributed by atoms with Crippen molar-refractivity contribution in [2.45, 2.75) is 38.5 Å². The first-order valence-corrected chi connectivity index (χ1v) is 8.97. The number of rotatable bonds is 4. The summed E-state index contributed by atoms with van der Waals surface area (Å²) in [6.07, 6.45) is 2.16. The highest BCUT2D eigenvalue weighted by Gasteiger charge is 2.37. The molecular formula is C20H23N3O4. The molecule has 0 aliphatic carbocycles. The van der Waals surface area contributed by atoms with Crippen LogP contribution >= 0.6 is 0 Å². The number of aromatic nitrogens is 1. The molecule has 7 heteroatoms. The Morgan fingerprint density at radius 3 is 2.96 bits per heavy atom. The minimum Gasteiger partial charge on any atom is -0.492 e. The second-order valence-electron chi connectivity index (χ2n) is 7.39. The van der Waals surface area contributed by atoms with Crippen LogP contribution in [-0.2, 0) is 11.3 Å². The first-order valence-electron chi connectivity index (χ1n) is 8.97. The zero-order valence-corrected chi connectivity index (χ0v) is 15.7. The predicted molar refractivity (Wildman–Crippen MR) is 101 cm³/mol. The molecular weight excluding hydrogens is 346 g/mol. The van der Waals surface area contributed by atoms with Crippen molar-refractivity contribution in [2.75, 3.05) is 19.0 Å². The molecule has 2 unspecified atom stereocenters. The molecule has 2 aliphatic rings. The van der Waals surface area contributed by atoms with Gasteiger partial charge >= 0.3 is 6.09 Å². The van der Waals surface area contributed by atoms with Gasteiger partial charge in [0, 0.05) is 17.2 Å². The monoisotopic (exact) mass is 369 g/mol. The summed E-state index contributed by atoms with van der Waals surface area (Å²) in [6, 6.07) is 8.33. The maximum atomic E-state index is 11.4. The Kier molecular flexibility index (Phi) is 4.39. The first-order chi connectivity index (χ1) is 13.0. The lowest BCUT2D eigenvalue weighted by Gasteiger charge is -2.45. The molecule has 2 atom stereocenters. The Morgan fingerprint density at radius 1 is 1.41 bits per heavy atom. The van der Waals surface area contributed by atoms with Crippen molar-refractivity contribution < 1.29 is 19.0 Å². The number of benzene rings is 1. The van der Waals surface area contributed by atoms with E-state index < -0.39 is 6.09 Å². The second-order valence-corrected chi connectivity index (χ2v) is 7.39. The van der Waals surface area contributed by atoms with Gasteiger partial charge in [0.2, 0.25) is 0 Å². The molecule has 0 radical (unpaired) electrons. The SMILES string of the molecule is COC(=O)Nc1cc2c(cn1)OCc1cc(OCC3(C)CC(C)N3)ccc1-2. The number of methoxy groups -OCH3 is 1. The van der Waals surface area contributed by atoms with Gasteiger partial charge < -0.3 is 19.5 Å². The minimum absolute atomic E-state index is 0.0402. The van der Waals surface area contributed by atoms with E-state index in [9.17, 15) is 4.79 Å². The van der Waals surface area contributed by atoms with Crippen LogP contribution in [0.15, 0.2) is 30.5 Å². The highest BCUT2D eigenvalue weighted by Crippen LogP contribution is 2.39. The third-order valence-electron chi connectivity index (χ3n) is 4.94. The molecule has 142 valence electrons. The van der Waals surface area contributed by atoms with Crippen molar-refractivity contribution in [3.05, 3.63) is 36.0 Å². The van der Waals surface area contributed by atoms with Gasteiger partial charge in [0.25, 0.3) is 0 Å². The van der Waals surface area contributed by atoms with Gasteiger partial charge in [-0.15, -0.1) is 0 Å². The van der Waals surface area contributed by atoms with E-state index in [0.717, 1.165) is 28.9 Å². The summed E-state index contributed by atoms with van der Waals surface area (Å²) in [5.41, 5.74) is 3.00. The van der Waals surface area contributed by atoms with Crippen molar-refractivity contribution in [3.8, 4) is 22.6 Å². The van der Waals surface area contributed by atoms with Crippen LogP contribution in [0.5, 0.6) is 11.5 Å². The molecule has 4 rings (SSSR count). The number of fused-ring (bicyclic) bond motifs is 3. The Balaban J connectivity index is 1.53. The fourth-order valence-corrected chi connectivity index (χ4v) is 3.78. The fraction of sp³-hybridized carbons (Fsp3) is 0.400. The van der Waals surface area contributed by atoms with Crippen LogP contribution in [0.25, 0.3) is 11.1 Å². The summed E-state index contributed by atoms with van der Waals surface area (Å²) in [5, 5.41) is 6.07. The third-order valence-corrected chi connectivity index (χ3v) is 4.94. The topological polar surface area (TPSA) is 81.7 Å². The molecule has 0 bridgehead atoms. The molecule has 3 heterocycles. The molecule has 2 aromatic rings. The average molecular weight is 369 g/mol. The van der Waals surface area contributed by atoms with Gasteiger partial charge in [-0.3, -0.25) is 5.32 Å². The van der Waals surface area contributed by atoms with E-state index in [1.165, 1.54) is 7.11 Å². The number of carbonyl (C=O) groups excluding carboxylic acids is 1. The molecule has 2 aliphatic heterocycles. The van der Waals surface area contributed by atoms with Gasteiger partial charge in [0.1, 0.15) is 30.5 Å². The molecule has 27 heavy (non-hydrogen) atoms. The minimum atomic E-state index is -0.560. The van der Waals surface area contributed by atoms with Crippen LogP contribution in [0.4, 0.5) is 10.6 Å². The first kappa shape index (κ1) is 17.6. The zero-order valence-electron chi connectivity index (χ0n) is 15.7.